The van der Waals surface area contributed by atoms with Crippen LogP contribution in [0.25, 0.3) is 16.9 Å². The molecule has 9 heteroatoms. The second-order valence-corrected chi connectivity index (χ2v) is 7.97. The van der Waals surface area contributed by atoms with E-state index in [1.807, 2.05) is 60.7 Å². The zero-order valence-electron chi connectivity index (χ0n) is 19.4. The Kier molecular flexibility index (Phi) is 7.19. The third-order valence-electron chi connectivity index (χ3n) is 5.51. The normalized spacial score (nSPS) is 11.2. The first-order valence-corrected chi connectivity index (χ1v) is 11.2. The number of amides is 2. The maximum atomic E-state index is 12.9. The molecule has 0 atom stereocenters. The van der Waals surface area contributed by atoms with Crippen LogP contribution in [0.15, 0.2) is 91.0 Å². The maximum Gasteiger partial charge on any atom is 0.416 e. The zero-order chi connectivity index (χ0) is 25.7. The van der Waals surface area contributed by atoms with Crippen LogP contribution in [-0.4, -0.2) is 39.6 Å². The van der Waals surface area contributed by atoms with Crippen LogP contribution in [0.2, 0.25) is 0 Å². The molecule has 3 aromatic carbocycles. The first kappa shape index (κ1) is 24.7. The van der Waals surface area contributed by atoms with E-state index >= 15 is 0 Å². The second-order valence-electron chi connectivity index (χ2n) is 7.97. The smallest absolute Gasteiger partial charge is 0.330 e. The second kappa shape index (κ2) is 10.5. The molecule has 4 rings (SSSR count). The topological polar surface area (TPSA) is 67.2 Å². The number of alkyl halides is 3. The highest BCUT2D eigenvalue weighted by atomic mass is 19.4. The Morgan fingerprint density at radius 2 is 1.53 bits per heavy atom. The molecule has 184 valence electrons. The number of hydrogen-bond donors (Lipinski definition) is 1. The molecule has 1 aromatic heterocycles. The molecule has 0 saturated heterocycles. The lowest BCUT2D eigenvalue weighted by molar-refractivity contribution is -0.137. The van der Waals surface area contributed by atoms with E-state index in [1.54, 1.807) is 17.7 Å². The Morgan fingerprint density at radius 3 is 2.11 bits per heavy atom. The summed E-state index contributed by atoms with van der Waals surface area (Å²) < 4.78 is 40.1. The number of likely N-dealkylation sites (N-methyl/N-ethyl adjacent to an activating group) is 1. The molecule has 36 heavy (non-hydrogen) atoms. The van der Waals surface area contributed by atoms with Gasteiger partial charge in [-0.1, -0.05) is 48.5 Å². The van der Waals surface area contributed by atoms with E-state index < -0.39 is 23.6 Å². The lowest BCUT2D eigenvalue weighted by Crippen LogP contribution is -2.38. The summed E-state index contributed by atoms with van der Waals surface area (Å²) in [6, 6.07) is 24.4. The van der Waals surface area contributed by atoms with Crippen LogP contribution in [0.1, 0.15) is 22.8 Å². The zero-order valence-corrected chi connectivity index (χ0v) is 19.4. The van der Waals surface area contributed by atoms with Crippen LogP contribution in [0.4, 0.5) is 19.0 Å². The number of nitrogens with one attached hydrogen (secondary N) is 1. The first-order valence-electron chi connectivity index (χ1n) is 11.2. The molecular weight excluding hydrogens is 469 g/mol. The van der Waals surface area contributed by atoms with Crippen molar-refractivity contribution < 1.29 is 22.8 Å². The number of nitrogens with zero attached hydrogens (tertiary/aromatic N) is 3. The largest absolute Gasteiger partial charge is 0.416 e. The average molecular weight is 493 g/mol. The van der Waals surface area contributed by atoms with Crippen molar-refractivity contribution in [2.24, 2.45) is 0 Å². The molecule has 0 bridgehead atoms. The molecule has 4 aromatic rings. The number of rotatable bonds is 7. The van der Waals surface area contributed by atoms with Gasteiger partial charge in [0.25, 0.3) is 5.91 Å². The van der Waals surface area contributed by atoms with Crippen LogP contribution in [-0.2, 0) is 11.0 Å². The fourth-order valence-electron chi connectivity index (χ4n) is 3.65. The predicted molar refractivity (Wildman–Crippen MR) is 131 cm³/mol. The highest BCUT2D eigenvalue weighted by Gasteiger charge is 2.30. The number of halogens is 3. The summed E-state index contributed by atoms with van der Waals surface area (Å²) in [6.45, 7) is 1.61. The van der Waals surface area contributed by atoms with Gasteiger partial charge < -0.3 is 10.2 Å². The highest BCUT2D eigenvalue weighted by molar-refractivity contribution is 5.99. The summed E-state index contributed by atoms with van der Waals surface area (Å²) in [4.78, 5) is 27.1. The van der Waals surface area contributed by atoms with Crippen LogP contribution < -0.4 is 5.32 Å². The van der Waals surface area contributed by atoms with Crippen molar-refractivity contribution in [2.45, 2.75) is 13.1 Å². The standard InChI is InChI=1S/C27H23F3N4O2/c1-2-33(26(36)20-13-15-21(16-14-20)27(28,29)30)18-25(35)31-24-17-23(19-9-5-3-6-10-19)32-34(24)22-11-7-4-8-12-22/h3-17H,2,18H2,1H3,(H,31,35). The summed E-state index contributed by atoms with van der Waals surface area (Å²) in [7, 11) is 0. The Bertz CT molecular complexity index is 1340. The minimum Gasteiger partial charge on any atom is -0.330 e. The Labute approximate surface area is 206 Å². The summed E-state index contributed by atoms with van der Waals surface area (Å²) in [5.74, 6) is -0.584. The van der Waals surface area contributed by atoms with Gasteiger partial charge in [-0.2, -0.15) is 18.3 Å². The molecule has 0 fully saturated rings. The quantitative estimate of drug-likeness (QED) is 0.362. The van der Waals surface area contributed by atoms with Crippen molar-refractivity contribution >= 4 is 17.6 Å². The van der Waals surface area contributed by atoms with Crippen LogP contribution in [0, 0.1) is 0 Å². The van der Waals surface area contributed by atoms with Crippen LogP contribution in [0.5, 0.6) is 0 Å². The van der Waals surface area contributed by atoms with Crippen molar-refractivity contribution in [1.29, 1.82) is 0 Å². The van der Waals surface area contributed by atoms with E-state index in [4.69, 9.17) is 0 Å². The number of aromatic nitrogens is 2. The van der Waals surface area contributed by atoms with Gasteiger partial charge in [-0.25, -0.2) is 4.68 Å². The minimum absolute atomic E-state index is 0.0679. The Balaban J connectivity index is 1.54. The number of hydrogen-bond acceptors (Lipinski definition) is 3. The van der Waals surface area contributed by atoms with Crippen molar-refractivity contribution in [1.82, 2.24) is 14.7 Å². The van der Waals surface area contributed by atoms with Gasteiger partial charge in [-0.3, -0.25) is 9.59 Å². The van der Waals surface area contributed by atoms with E-state index in [1.165, 1.54) is 4.90 Å². The van der Waals surface area contributed by atoms with Crippen molar-refractivity contribution in [3.63, 3.8) is 0 Å². The van der Waals surface area contributed by atoms with Gasteiger partial charge in [0.15, 0.2) is 0 Å². The van der Waals surface area contributed by atoms with Gasteiger partial charge in [0, 0.05) is 23.7 Å². The SMILES string of the molecule is CCN(CC(=O)Nc1cc(-c2ccccc2)nn1-c1ccccc1)C(=O)c1ccc(C(F)(F)F)cc1. The summed E-state index contributed by atoms with van der Waals surface area (Å²) in [5, 5.41) is 7.46. The summed E-state index contributed by atoms with van der Waals surface area (Å²) in [5.41, 5.74) is 1.49. The fraction of sp³-hybridized carbons (Fsp3) is 0.148. The van der Waals surface area contributed by atoms with Crippen LogP contribution >= 0.6 is 0 Å². The molecule has 0 aliphatic rings. The van der Waals surface area contributed by atoms with Gasteiger partial charge >= 0.3 is 6.18 Å². The number of anilines is 1. The molecule has 0 unspecified atom stereocenters. The van der Waals surface area contributed by atoms with Crippen molar-refractivity contribution in [2.75, 3.05) is 18.4 Å². The monoisotopic (exact) mass is 492 g/mol. The molecule has 6 nitrogen and oxygen atoms in total. The van der Waals surface area contributed by atoms with Gasteiger partial charge in [0.2, 0.25) is 5.91 Å². The van der Waals surface area contributed by atoms with Gasteiger partial charge in [-0.15, -0.1) is 0 Å². The average Bonchev–Trinajstić information content (AvgIpc) is 3.31. The third kappa shape index (κ3) is 5.63. The molecule has 1 N–H and O–H groups in total. The number of carbonyl (C=O) groups is 2. The maximum absolute atomic E-state index is 12.9. The number of carbonyl (C=O) groups excluding carboxylic acids is 2. The number of benzene rings is 3. The molecule has 0 radical (unpaired) electrons. The van der Waals surface area contributed by atoms with E-state index in [9.17, 15) is 22.8 Å². The predicted octanol–water partition coefficient (Wildman–Crippen LogP) is 5.66. The van der Waals surface area contributed by atoms with E-state index in [-0.39, 0.29) is 18.7 Å². The summed E-state index contributed by atoms with van der Waals surface area (Å²) >= 11 is 0. The van der Waals surface area contributed by atoms with Crippen molar-refractivity contribution in [3.05, 3.63) is 102 Å². The van der Waals surface area contributed by atoms with E-state index in [2.05, 4.69) is 10.4 Å². The van der Waals surface area contributed by atoms with Gasteiger partial charge in [0.05, 0.1) is 16.9 Å². The van der Waals surface area contributed by atoms with E-state index in [0.29, 0.717) is 11.5 Å². The summed E-state index contributed by atoms with van der Waals surface area (Å²) in [6.07, 6.45) is -4.49. The molecule has 0 aliphatic carbocycles. The molecule has 2 amide bonds. The highest BCUT2D eigenvalue weighted by Crippen LogP contribution is 2.29. The van der Waals surface area contributed by atoms with Gasteiger partial charge in [-0.05, 0) is 43.3 Å². The van der Waals surface area contributed by atoms with Gasteiger partial charge in [0.1, 0.15) is 12.4 Å². The lowest BCUT2D eigenvalue weighted by atomic mass is 10.1. The Morgan fingerprint density at radius 1 is 0.917 bits per heavy atom. The molecule has 1 heterocycles. The first-order chi connectivity index (χ1) is 17.3. The number of para-hydroxylation sites is 1. The van der Waals surface area contributed by atoms with E-state index in [0.717, 1.165) is 35.5 Å². The minimum atomic E-state index is -4.49. The van der Waals surface area contributed by atoms with Crippen LogP contribution in [0.3, 0.4) is 0 Å². The fourth-order valence-corrected chi connectivity index (χ4v) is 3.65. The molecular formula is C27H23F3N4O2. The van der Waals surface area contributed by atoms with Crippen molar-refractivity contribution in [3.8, 4) is 16.9 Å². The third-order valence-corrected chi connectivity index (χ3v) is 5.51. The molecule has 0 spiro atoms. The molecule has 0 saturated carbocycles. The lowest BCUT2D eigenvalue weighted by Gasteiger charge is -2.21. The Hall–Kier alpha value is -4.40. The molecule has 0 aliphatic heterocycles.